The van der Waals surface area contributed by atoms with Gasteiger partial charge in [-0.15, -0.1) is 13.2 Å². The van der Waals surface area contributed by atoms with Crippen LogP contribution in [0.3, 0.4) is 0 Å². The standard InChI is InChI=1S/C12H15F3N2O3/c1-3-19-11(18)4-8-7(2)10(20-12(13,14)15)6-17-9(8)5-16/h6H,3-5,16H2,1-2H3. The van der Waals surface area contributed by atoms with Crippen molar-refractivity contribution in [2.24, 2.45) is 5.73 Å². The maximum absolute atomic E-state index is 12.3. The summed E-state index contributed by atoms with van der Waals surface area (Å²) in [6.07, 6.45) is -4.08. The Morgan fingerprint density at radius 3 is 2.60 bits per heavy atom. The van der Waals surface area contributed by atoms with Crippen molar-refractivity contribution in [1.29, 1.82) is 0 Å². The van der Waals surface area contributed by atoms with Crippen LogP contribution in [0.5, 0.6) is 5.75 Å². The molecule has 1 aromatic rings. The van der Waals surface area contributed by atoms with Crippen molar-refractivity contribution >= 4 is 5.97 Å². The van der Waals surface area contributed by atoms with Gasteiger partial charge in [0.25, 0.3) is 0 Å². The lowest BCUT2D eigenvalue weighted by atomic mass is 10.0. The van der Waals surface area contributed by atoms with Crippen molar-refractivity contribution in [3.8, 4) is 5.75 Å². The second-order valence-electron chi connectivity index (χ2n) is 3.91. The highest BCUT2D eigenvalue weighted by atomic mass is 19.4. The van der Waals surface area contributed by atoms with Crippen LogP contribution in [0, 0.1) is 6.92 Å². The van der Waals surface area contributed by atoms with Crippen molar-refractivity contribution in [3.63, 3.8) is 0 Å². The van der Waals surface area contributed by atoms with Gasteiger partial charge >= 0.3 is 12.3 Å². The summed E-state index contributed by atoms with van der Waals surface area (Å²) in [5, 5.41) is 0. The van der Waals surface area contributed by atoms with E-state index < -0.39 is 18.1 Å². The summed E-state index contributed by atoms with van der Waals surface area (Å²) in [7, 11) is 0. The second kappa shape index (κ2) is 6.56. The quantitative estimate of drug-likeness (QED) is 0.838. The molecular weight excluding hydrogens is 277 g/mol. The number of carbonyl (C=O) groups is 1. The third kappa shape index (κ3) is 4.37. The van der Waals surface area contributed by atoms with Crippen LogP contribution in [0.15, 0.2) is 6.20 Å². The zero-order valence-corrected chi connectivity index (χ0v) is 11.1. The van der Waals surface area contributed by atoms with E-state index in [-0.39, 0.29) is 25.1 Å². The highest BCUT2D eigenvalue weighted by Gasteiger charge is 2.32. The molecule has 0 atom stereocenters. The molecule has 0 radical (unpaired) electrons. The molecule has 0 saturated heterocycles. The Bertz CT molecular complexity index is 490. The lowest BCUT2D eigenvalue weighted by molar-refractivity contribution is -0.275. The summed E-state index contributed by atoms with van der Waals surface area (Å²) >= 11 is 0. The minimum absolute atomic E-state index is 0.00186. The van der Waals surface area contributed by atoms with Crippen molar-refractivity contribution in [3.05, 3.63) is 23.0 Å². The fraction of sp³-hybridized carbons (Fsp3) is 0.500. The summed E-state index contributed by atoms with van der Waals surface area (Å²) in [4.78, 5) is 15.3. The summed E-state index contributed by atoms with van der Waals surface area (Å²) in [6.45, 7) is 3.23. The summed E-state index contributed by atoms with van der Waals surface area (Å²) < 4.78 is 45.4. The third-order valence-electron chi connectivity index (χ3n) is 2.55. The molecule has 0 saturated carbocycles. The second-order valence-corrected chi connectivity index (χ2v) is 3.91. The molecule has 0 spiro atoms. The van der Waals surface area contributed by atoms with E-state index in [1.54, 1.807) is 6.92 Å². The molecule has 0 aromatic carbocycles. The van der Waals surface area contributed by atoms with Crippen LogP contribution in [0.4, 0.5) is 13.2 Å². The number of carbonyl (C=O) groups excluding carboxylic acids is 1. The molecule has 0 aliphatic rings. The molecule has 1 rings (SSSR count). The first-order chi connectivity index (χ1) is 9.28. The van der Waals surface area contributed by atoms with Gasteiger partial charge < -0.3 is 15.2 Å². The normalized spacial score (nSPS) is 11.3. The summed E-state index contributed by atoms with van der Waals surface area (Å²) in [6, 6.07) is 0. The topological polar surface area (TPSA) is 74.4 Å². The number of nitrogens with two attached hydrogens (primary N) is 1. The lowest BCUT2D eigenvalue weighted by Crippen LogP contribution is -2.20. The first-order valence-electron chi connectivity index (χ1n) is 5.87. The Morgan fingerprint density at radius 1 is 1.45 bits per heavy atom. The SMILES string of the molecule is CCOC(=O)Cc1c(CN)ncc(OC(F)(F)F)c1C. The predicted molar refractivity (Wildman–Crippen MR) is 63.9 cm³/mol. The van der Waals surface area contributed by atoms with E-state index in [1.165, 1.54) is 6.92 Å². The largest absolute Gasteiger partial charge is 0.573 e. The van der Waals surface area contributed by atoms with Crippen LogP contribution in [0.2, 0.25) is 0 Å². The van der Waals surface area contributed by atoms with Gasteiger partial charge in [0, 0.05) is 6.54 Å². The molecule has 0 aliphatic carbocycles. The Labute approximate surface area is 113 Å². The first kappa shape index (κ1) is 16.2. The molecule has 112 valence electrons. The molecule has 0 unspecified atom stereocenters. The van der Waals surface area contributed by atoms with Crippen LogP contribution >= 0.6 is 0 Å². The van der Waals surface area contributed by atoms with E-state index in [2.05, 4.69) is 9.72 Å². The average molecular weight is 292 g/mol. The fourth-order valence-electron chi connectivity index (χ4n) is 1.67. The monoisotopic (exact) mass is 292 g/mol. The summed E-state index contributed by atoms with van der Waals surface area (Å²) in [5.41, 5.74) is 6.28. The van der Waals surface area contributed by atoms with Crippen LogP contribution in [0.1, 0.15) is 23.7 Å². The molecule has 0 bridgehead atoms. The van der Waals surface area contributed by atoms with E-state index in [0.29, 0.717) is 11.3 Å². The minimum Gasteiger partial charge on any atom is -0.466 e. The number of esters is 1. The molecule has 1 heterocycles. The first-order valence-corrected chi connectivity index (χ1v) is 5.87. The van der Waals surface area contributed by atoms with Gasteiger partial charge in [0.2, 0.25) is 0 Å². The Kier molecular flexibility index (Phi) is 5.32. The molecule has 5 nitrogen and oxygen atoms in total. The van der Waals surface area contributed by atoms with Gasteiger partial charge in [-0.2, -0.15) is 0 Å². The number of halogens is 3. The molecule has 20 heavy (non-hydrogen) atoms. The van der Waals surface area contributed by atoms with E-state index in [4.69, 9.17) is 10.5 Å². The van der Waals surface area contributed by atoms with Crippen molar-refractivity contribution in [2.45, 2.75) is 33.2 Å². The zero-order chi connectivity index (χ0) is 15.3. The van der Waals surface area contributed by atoms with Crippen LogP contribution in [0.25, 0.3) is 0 Å². The van der Waals surface area contributed by atoms with E-state index in [1.807, 2.05) is 0 Å². The molecule has 8 heteroatoms. The fourth-order valence-corrected chi connectivity index (χ4v) is 1.67. The molecule has 2 N–H and O–H groups in total. The number of pyridine rings is 1. The van der Waals surface area contributed by atoms with E-state index >= 15 is 0 Å². The molecular formula is C12H15F3N2O3. The number of rotatable bonds is 5. The predicted octanol–water partition coefficient (Wildman–Crippen LogP) is 1.85. The molecule has 0 amide bonds. The number of hydrogen-bond donors (Lipinski definition) is 1. The minimum atomic E-state index is -4.82. The van der Waals surface area contributed by atoms with Crippen LogP contribution < -0.4 is 10.5 Å². The highest BCUT2D eigenvalue weighted by molar-refractivity contribution is 5.73. The average Bonchev–Trinajstić information content (AvgIpc) is 2.33. The number of alkyl halides is 3. The van der Waals surface area contributed by atoms with Crippen molar-refractivity contribution in [2.75, 3.05) is 6.61 Å². The molecule has 0 aliphatic heterocycles. The number of hydrogen-bond acceptors (Lipinski definition) is 5. The van der Waals surface area contributed by atoms with Crippen molar-refractivity contribution in [1.82, 2.24) is 4.98 Å². The number of aromatic nitrogens is 1. The maximum Gasteiger partial charge on any atom is 0.573 e. The van der Waals surface area contributed by atoms with Gasteiger partial charge in [-0.1, -0.05) is 0 Å². The molecule has 0 fully saturated rings. The Balaban J connectivity index is 3.12. The smallest absolute Gasteiger partial charge is 0.466 e. The van der Waals surface area contributed by atoms with E-state index in [9.17, 15) is 18.0 Å². The highest BCUT2D eigenvalue weighted by Crippen LogP contribution is 2.29. The number of ether oxygens (including phenoxy) is 2. The summed E-state index contributed by atoms with van der Waals surface area (Å²) in [5.74, 6) is -1.01. The van der Waals surface area contributed by atoms with Gasteiger partial charge in [0.05, 0.1) is 24.9 Å². The van der Waals surface area contributed by atoms with Crippen LogP contribution in [-0.2, 0) is 22.5 Å². The third-order valence-corrected chi connectivity index (χ3v) is 2.55. The molecule has 1 aromatic heterocycles. The van der Waals surface area contributed by atoms with Gasteiger partial charge in [-0.3, -0.25) is 9.78 Å². The van der Waals surface area contributed by atoms with Gasteiger partial charge in [-0.05, 0) is 25.0 Å². The van der Waals surface area contributed by atoms with Gasteiger partial charge in [0.1, 0.15) is 0 Å². The Morgan fingerprint density at radius 2 is 2.10 bits per heavy atom. The van der Waals surface area contributed by atoms with Crippen molar-refractivity contribution < 1.29 is 27.4 Å². The van der Waals surface area contributed by atoms with Gasteiger partial charge in [-0.25, -0.2) is 0 Å². The Hall–Kier alpha value is -1.83. The van der Waals surface area contributed by atoms with Crippen LogP contribution in [-0.4, -0.2) is 23.9 Å². The zero-order valence-electron chi connectivity index (χ0n) is 11.1. The van der Waals surface area contributed by atoms with E-state index in [0.717, 1.165) is 6.20 Å². The maximum atomic E-state index is 12.3. The number of nitrogens with zero attached hydrogens (tertiary/aromatic N) is 1. The van der Waals surface area contributed by atoms with Gasteiger partial charge in [0.15, 0.2) is 5.75 Å². The lowest BCUT2D eigenvalue weighted by Gasteiger charge is -2.16.